The van der Waals surface area contributed by atoms with Crippen molar-refractivity contribution in [1.29, 1.82) is 0 Å². The first-order chi connectivity index (χ1) is 14.4. The second-order valence-electron chi connectivity index (χ2n) is 6.81. The first kappa shape index (κ1) is 21.6. The minimum Gasteiger partial charge on any atom is -0.467 e. The van der Waals surface area contributed by atoms with Crippen LogP contribution in [0, 0.1) is 13.8 Å². The van der Waals surface area contributed by atoms with Crippen molar-refractivity contribution >= 4 is 29.0 Å². The summed E-state index contributed by atoms with van der Waals surface area (Å²) in [7, 11) is 1.32. The second kappa shape index (κ2) is 9.13. The van der Waals surface area contributed by atoms with Crippen LogP contribution >= 0.6 is 11.3 Å². The molecule has 0 aliphatic rings. The number of rotatable bonds is 8. The molecule has 0 atom stereocenters. The topological polar surface area (TPSA) is 81.8 Å². The first-order valence-corrected chi connectivity index (χ1v) is 10.4. The first-order valence-electron chi connectivity index (χ1n) is 9.55. The highest BCUT2D eigenvalue weighted by atomic mass is 32.1. The van der Waals surface area contributed by atoms with Crippen LogP contribution < -0.4 is 0 Å². The summed E-state index contributed by atoms with van der Waals surface area (Å²) in [6, 6.07) is 7.02. The number of ketones is 1. The lowest BCUT2D eigenvalue weighted by Gasteiger charge is -2.20. The van der Waals surface area contributed by atoms with E-state index in [2.05, 4.69) is 0 Å². The monoisotopic (exact) mass is 428 g/mol. The molecule has 0 radical (unpaired) electrons. The van der Waals surface area contributed by atoms with Gasteiger partial charge in [0.1, 0.15) is 11.5 Å². The fourth-order valence-corrected chi connectivity index (χ4v) is 4.35. The van der Waals surface area contributed by atoms with Gasteiger partial charge in [0.15, 0.2) is 5.78 Å². The minimum absolute atomic E-state index is 0.131. The maximum absolute atomic E-state index is 13.3. The van der Waals surface area contributed by atoms with E-state index < -0.39 is 5.97 Å². The quantitative estimate of drug-likeness (QED) is 0.399. The van der Waals surface area contributed by atoms with Gasteiger partial charge in [-0.2, -0.15) is 0 Å². The molecule has 3 rings (SSSR count). The van der Waals surface area contributed by atoms with Crippen molar-refractivity contribution in [3.8, 4) is 0 Å². The molecule has 0 aliphatic heterocycles. The van der Waals surface area contributed by atoms with E-state index in [1.165, 1.54) is 29.6 Å². The molecule has 0 N–H and O–H groups in total. The third-order valence-electron chi connectivity index (χ3n) is 5.02. The standard InChI is InChI=1S/C22H24N2O5S/c1-5-24-15(3)19(14(2)20(24)22(27)28-4)17(25)13-23(12-16-8-6-10-29-16)21(26)18-9-7-11-30-18/h6-11H,5,12-13H2,1-4H3. The summed E-state index contributed by atoms with van der Waals surface area (Å²) in [6.45, 7) is 6.00. The Hall–Kier alpha value is -3.13. The Morgan fingerprint density at radius 2 is 1.97 bits per heavy atom. The number of furan rings is 1. The summed E-state index contributed by atoms with van der Waals surface area (Å²) in [6.07, 6.45) is 1.53. The zero-order valence-corrected chi connectivity index (χ0v) is 18.2. The zero-order valence-electron chi connectivity index (χ0n) is 17.4. The van der Waals surface area contributed by atoms with Crippen molar-refractivity contribution in [2.75, 3.05) is 13.7 Å². The summed E-state index contributed by atoms with van der Waals surface area (Å²) in [4.78, 5) is 40.6. The molecule has 0 saturated carbocycles. The van der Waals surface area contributed by atoms with E-state index in [1.807, 2.05) is 12.3 Å². The number of hydrogen-bond acceptors (Lipinski definition) is 6. The Kier molecular flexibility index (Phi) is 6.56. The van der Waals surface area contributed by atoms with Crippen LogP contribution in [0.5, 0.6) is 0 Å². The molecular formula is C22H24N2O5S. The second-order valence-corrected chi connectivity index (χ2v) is 7.76. The van der Waals surface area contributed by atoms with Gasteiger partial charge in [0, 0.05) is 17.8 Å². The van der Waals surface area contributed by atoms with E-state index in [4.69, 9.17) is 9.15 Å². The highest BCUT2D eigenvalue weighted by molar-refractivity contribution is 7.12. The van der Waals surface area contributed by atoms with Gasteiger partial charge in [-0.15, -0.1) is 11.3 Å². The van der Waals surface area contributed by atoms with Crippen molar-refractivity contribution in [1.82, 2.24) is 9.47 Å². The zero-order chi connectivity index (χ0) is 21.8. The Morgan fingerprint density at radius 3 is 2.53 bits per heavy atom. The number of ether oxygens (including phenoxy) is 1. The molecule has 158 valence electrons. The molecule has 3 heterocycles. The van der Waals surface area contributed by atoms with E-state index >= 15 is 0 Å². The molecular weight excluding hydrogens is 404 g/mol. The molecule has 0 aliphatic carbocycles. The van der Waals surface area contributed by atoms with Gasteiger partial charge in [-0.1, -0.05) is 6.07 Å². The van der Waals surface area contributed by atoms with Gasteiger partial charge < -0.3 is 18.6 Å². The summed E-state index contributed by atoms with van der Waals surface area (Å²) in [5.74, 6) is -0.381. The molecule has 0 unspecified atom stereocenters. The molecule has 1 amide bonds. The number of Topliss-reactive ketones (excluding diaryl/α,β-unsaturated/α-hetero) is 1. The maximum Gasteiger partial charge on any atom is 0.354 e. The molecule has 0 aromatic carbocycles. The predicted molar refractivity (Wildman–Crippen MR) is 113 cm³/mol. The van der Waals surface area contributed by atoms with Gasteiger partial charge in [0.25, 0.3) is 5.91 Å². The number of thiophene rings is 1. The van der Waals surface area contributed by atoms with E-state index in [1.54, 1.807) is 42.7 Å². The normalized spacial score (nSPS) is 10.8. The molecule has 8 heteroatoms. The highest BCUT2D eigenvalue weighted by Gasteiger charge is 2.29. The Balaban J connectivity index is 1.95. The summed E-state index contributed by atoms with van der Waals surface area (Å²) in [5.41, 5.74) is 2.05. The van der Waals surface area contributed by atoms with Crippen LogP contribution in [0.25, 0.3) is 0 Å². The SMILES string of the molecule is CCn1c(C)c(C(=O)CN(Cc2ccco2)C(=O)c2cccs2)c(C)c1C(=O)OC. The molecule has 0 bridgehead atoms. The molecule has 0 spiro atoms. The average molecular weight is 429 g/mol. The van der Waals surface area contributed by atoms with Crippen molar-refractivity contribution in [2.24, 2.45) is 0 Å². The van der Waals surface area contributed by atoms with Crippen LogP contribution in [-0.2, 0) is 17.8 Å². The van der Waals surface area contributed by atoms with Crippen molar-refractivity contribution in [2.45, 2.75) is 33.9 Å². The molecule has 0 saturated heterocycles. The van der Waals surface area contributed by atoms with Gasteiger partial charge in [-0.25, -0.2) is 4.79 Å². The lowest BCUT2D eigenvalue weighted by molar-refractivity contribution is 0.0587. The number of nitrogens with zero attached hydrogens (tertiary/aromatic N) is 2. The van der Waals surface area contributed by atoms with Crippen LogP contribution in [0.3, 0.4) is 0 Å². The van der Waals surface area contributed by atoms with Crippen molar-refractivity contribution in [3.05, 3.63) is 69.1 Å². The number of amides is 1. The van der Waals surface area contributed by atoms with Gasteiger partial charge in [-0.3, -0.25) is 9.59 Å². The van der Waals surface area contributed by atoms with E-state index in [0.29, 0.717) is 39.7 Å². The lowest BCUT2D eigenvalue weighted by Crippen LogP contribution is -2.35. The Labute approximate surface area is 178 Å². The molecule has 7 nitrogen and oxygen atoms in total. The lowest BCUT2D eigenvalue weighted by atomic mass is 10.0. The minimum atomic E-state index is -0.487. The number of aromatic nitrogens is 1. The van der Waals surface area contributed by atoms with Crippen LogP contribution in [0.2, 0.25) is 0 Å². The van der Waals surface area contributed by atoms with Gasteiger partial charge in [0.2, 0.25) is 0 Å². The molecule has 0 fully saturated rings. The number of carbonyl (C=O) groups is 3. The summed E-state index contributed by atoms with van der Waals surface area (Å²) < 4.78 is 12.1. The smallest absolute Gasteiger partial charge is 0.354 e. The number of methoxy groups -OCH3 is 1. The largest absolute Gasteiger partial charge is 0.467 e. The van der Waals surface area contributed by atoms with Gasteiger partial charge >= 0.3 is 5.97 Å². The maximum atomic E-state index is 13.3. The third-order valence-corrected chi connectivity index (χ3v) is 5.88. The molecule has 3 aromatic heterocycles. The summed E-state index contributed by atoms with van der Waals surface area (Å²) in [5, 5.41) is 1.82. The number of esters is 1. The van der Waals surface area contributed by atoms with Crippen LogP contribution in [0.1, 0.15) is 54.5 Å². The Bertz CT molecular complexity index is 1050. The van der Waals surface area contributed by atoms with E-state index in [-0.39, 0.29) is 24.8 Å². The van der Waals surface area contributed by atoms with Crippen LogP contribution in [0.15, 0.2) is 40.3 Å². The molecule has 30 heavy (non-hydrogen) atoms. The van der Waals surface area contributed by atoms with Crippen LogP contribution in [0.4, 0.5) is 0 Å². The third kappa shape index (κ3) is 4.09. The predicted octanol–water partition coefficient (Wildman–Crippen LogP) is 4.09. The summed E-state index contributed by atoms with van der Waals surface area (Å²) >= 11 is 1.32. The van der Waals surface area contributed by atoms with Crippen molar-refractivity contribution < 1.29 is 23.5 Å². The van der Waals surface area contributed by atoms with Crippen molar-refractivity contribution in [3.63, 3.8) is 0 Å². The average Bonchev–Trinajstić information content (AvgIpc) is 3.47. The number of carbonyl (C=O) groups excluding carboxylic acids is 3. The Morgan fingerprint density at radius 1 is 1.20 bits per heavy atom. The van der Waals surface area contributed by atoms with Gasteiger partial charge in [-0.05, 0) is 49.9 Å². The fraction of sp³-hybridized carbons (Fsp3) is 0.318. The highest BCUT2D eigenvalue weighted by Crippen LogP contribution is 2.25. The van der Waals surface area contributed by atoms with Crippen LogP contribution in [-0.4, -0.2) is 40.8 Å². The van der Waals surface area contributed by atoms with E-state index in [0.717, 1.165) is 0 Å². The van der Waals surface area contributed by atoms with E-state index in [9.17, 15) is 14.4 Å². The number of hydrogen-bond donors (Lipinski definition) is 0. The fourth-order valence-electron chi connectivity index (χ4n) is 3.66. The molecule has 3 aromatic rings. The van der Waals surface area contributed by atoms with Gasteiger partial charge in [0.05, 0.1) is 31.3 Å².